The minimum absolute atomic E-state index is 0.740. The predicted octanol–water partition coefficient (Wildman–Crippen LogP) is 2.37. The third-order valence-corrected chi connectivity index (χ3v) is 5.62. The lowest BCUT2D eigenvalue weighted by molar-refractivity contribution is 0.640. The molecule has 130 valence electrons. The van der Waals surface area contributed by atoms with Crippen molar-refractivity contribution in [2.24, 2.45) is 0 Å². The van der Waals surface area contributed by atoms with E-state index in [9.17, 15) is 0 Å². The van der Waals surface area contributed by atoms with Crippen LogP contribution < -0.4 is 9.80 Å². The van der Waals surface area contributed by atoms with E-state index in [0.717, 1.165) is 54.3 Å². The number of anilines is 2. The van der Waals surface area contributed by atoms with Crippen LogP contribution in [-0.2, 0) is 0 Å². The van der Waals surface area contributed by atoms with Crippen molar-refractivity contribution in [2.75, 3.05) is 36.0 Å². The molecule has 0 aromatic carbocycles. The second kappa shape index (κ2) is 6.44. The molecule has 0 aliphatic carbocycles. The molecule has 0 saturated carbocycles. The largest absolute Gasteiger partial charge is 0.352 e. The molecule has 0 radical (unpaired) electrons. The summed E-state index contributed by atoms with van der Waals surface area (Å²) in [4.78, 5) is 10.6. The Hall–Kier alpha value is -2.48. The number of hydrogen-bond acceptors (Lipinski definition) is 7. The minimum atomic E-state index is 0.740. The Morgan fingerprint density at radius 1 is 0.880 bits per heavy atom. The van der Waals surface area contributed by atoms with E-state index in [1.807, 2.05) is 31.3 Å². The minimum Gasteiger partial charge on any atom is -0.352 e. The van der Waals surface area contributed by atoms with Crippen molar-refractivity contribution in [1.29, 1.82) is 0 Å². The second-order valence-electron chi connectivity index (χ2n) is 6.26. The van der Waals surface area contributed by atoms with Gasteiger partial charge in [0.15, 0.2) is 16.8 Å². The summed E-state index contributed by atoms with van der Waals surface area (Å²) in [7, 11) is 0. The fourth-order valence-corrected chi connectivity index (χ4v) is 3.83. The number of hydrogen-bond donors (Lipinski definition) is 0. The zero-order valence-electron chi connectivity index (χ0n) is 14.7. The summed E-state index contributed by atoms with van der Waals surface area (Å²) in [5.74, 6) is 1.66. The van der Waals surface area contributed by atoms with Crippen LogP contribution in [0.4, 0.5) is 10.9 Å². The molecule has 1 aliphatic heterocycles. The van der Waals surface area contributed by atoms with Gasteiger partial charge in [0.2, 0.25) is 0 Å². The van der Waals surface area contributed by atoms with E-state index in [1.165, 1.54) is 4.88 Å². The molecule has 0 unspecified atom stereocenters. The van der Waals surface area contributed by atoms with Crippen LogP contribution in [0.3, 0.4) is 0 Å². The fraction of sp³-hybridized carbons (Fsp3) is 0.412. The molecular formula is C17H21N7S. The molecule has 0 bridgehead atoms. The van der Waals surface area contributed by atoms with Crippen LogP contribution in [0.2, 0.25) is 0 Å². The lowest BCUT2D eigenvalue weighted by atomic mass is 10.3. The number of nitrogens with zero attached hydrogens (tertiary/aromatic N) is 7. The molecule has 25 heavy (non-hydrogen) atoms. The van der Waals surface area contributed by atoms with Crippen LogP contribution in [0.5, 0.6) is 0 Å². The summed E-state index contributed by atoms with van der Waals surface area (Å²) in [6.45, 7) is 9.92. The van der Waals surface area contributed by atoms with Crippen LogP contribution in [0.25, 0.3) is 5.82 Å². The van der Waals surface area contributed by atoms with Crippen molar-refractivity contribution in [1.82, 2.24) is 25.0 Å². The maximum absolute atomic E-state index is 4.67. The first-order chi connectivity index (χ1) is 12.1. The molecule has 3 aromatic heterocycles. The topological polar surface area (TPSA) is 63.0 Å². The van der Waals surface area contributed by atoms with E-state index in [1.54, 1.807) is 16.0 Å². The Bertz CT molecular complexity index is 840. The molecule has 4 rings (SSSR count). The third-order valence-electron chi connectivity index (χ3n) is 4.48. The average molecular weight is 355 g/mol. The van der Waals surface area contributed by atoms with Gasteiger partial charge in [0.1, 0.15) is 0 Å². The Morgan fingerprint density at radius 3 is 2.12 bits per heavy atom. The first-order valence-corrected chi connectivity index (χ1v) is 9.22. The summed E-state index contributed by atoms with van der Waals surface area (Å²) in [5.41, 5.74) is 2.10. The van der Waals surface area contributed by atoms with Crippen LogP contribution in [0.1, 0.15) is 16.3 Å². The van der Waals surface area contributed by atoms with Gasteiger partial charge in [-0.05, 0) is 39.0 Å². The smallest absolute Gasteiger partial charge is 0.185 e. The van der Waals surface area contributed by atoms with Gasteiger partial charge in [0, 0.05) is 37.3 Å². The van der Waals surface area contributed by atoms with Crippen molar-refractivity contribution < 1.29 is 0 Å². The highest BCUT2D eigenvalue weighted by atomic mass is 32.1. The molecule has 8 heteroatoms. The molecule has 0 N–H and O–H groups in total. The van der Waals surface area contributed by atoms with Gasteiger partial charge >= 0.3 is 0 Å². The Labute approximate surface area is 150 Å². The fourth-order valence-electron chi connectivity index (χ4n) is 2.87. The van der Waals surface area contributed by atoms with E-state index in [4.69, 9.17) is 0 Å². The Morgan fingerprint density at radius 2 is 1.56 bits per heavy atom. The first-order valence-electron chi connectivity index (χ1n) is 8.40. The lowest BCUT2D eigenvalue weighted by Gasteiger charge is -2.35. The summed E-state index contributed by atoms with van der Waals surface area (Å²) < 4.78 is 1.75. The van der Waals surface area contributed by atoms with Crippen molar-refractivity contribution >= 4 is 22.3 Å². The maximum atomic E-state index is 4.67. The monoisotopic (exact) mass is 355 g/mol. The van der Waals surface area contributed by atoms with Gasteiger partial charge in [-0.1, -0.05) is 0 Å². The number of rotatable bonds is 3. The molecule has 1 fully saturated rings. The van der Waals surface area contributed by atoms with Gasteiger partial charge in [-0.15, -0.1) is 21.5 Å². The van der Waals surface area contributed by atoms with E-state index in [-0.39, 0.29) is 0 Å². The zero-order chi connectivity index (χ0) is 17.4. The molecule has 7 nitrogen and oxygen atoms in total. The molecule has 0 amide bonds. The number of piperazine rings is 1. The van der Waals surface area contributed by atoms with Crippen LogP contribution in [0, 0.1) is 20.8 Å². The quantitative estimate of drug-likeness (QED) is 0.719. The second-order valence-corrected chi connectivity index (χ2v) is 7.45. The third kappa shape index (κ3) is 3.21. The van der Waals surface area contributed by atoms with Gasteiger partial charge in [0.05, 0.1) is 11.4 Å². The van der Waals surface area contributed by atoms with Gasteiger partial charge in [-0.25, -0.2) is 9.67 Å². The average Bonchev–Trinajstić information content (AvgIpc) is 3.21. The van der Waals surface area contributed by atoms with E-state index in [0.29, 0.717) is 0 Å². The lowest BCUT2D eigenvalue weighted by Crippen LogP contribution is -2.46. The molecular weight excluding hydrogens is 334 g/mol. The van der Waals surface area contributed by atoms with Crippen molar-refractivity contribution in [2.45, 2.75) is 20.8 Å². The van der Waals surface area contributed by atoms with Crippen LogP contribution in [0.15, 0.2) is 24.4 Å². The summed E-state index contributed by atoms with van der Waals surface area (Å²) in [5, 5.41) is 14.2. The molecule has 1 aliphatic rings. The van der Waals surface area contributed by atoms with Crippen molar-refractivity contribution in [3.8, 4) is 5.82 Å². The van der Waals surface area contributed by atoms with Crippen LogP contribution >= 0.6 is 11.3 Å². The molecule has 4 heterocycles. The molecule has 0 atom stereocenters. The standard InChI is InChI=1S/C17H21N7S/c1-12-6-7-24(21-12)16-5-4-15(19-20-16)22-8-10-23(11-9-22)17-18-13(2)14(3)25-17/h4-7H,8-11H2,1-3H3. The van der Waals surface area contributed by atoms with Crippen molar-refractivity contribution in [3.63, 3.8) is 0 Å². The Kier molecular flexibility index (Phi) is 4.12. The van der Waals surface area contributed by atoms with Gasteiger partial charge in [-0.3, -0.25) is 0 Å². The van der Waals surface area contributed by atoms with Gasteiger partial charge < -0.3 is 9.80 Å². The number of aromatic nitrogens is 5. The molecule has 0 spiro atoms. The predicted molar refractivity (Wildman–Crippen MR) is 99.9 cm³/mol. The highest BCUT2D eigenvalue weighted by Gasteiger charge is 2.21. The van der Waals surface area contributed by atoms with E-state index in [2.05, 4.69) is 43.9 Å². The van der Waals surface area contributed by atoms with E-state index >= 15 is 0 Å². The molecule has 3 aromatic rings. The van der Waals surface area contributed by atoms with Gasteiger partial charge in [-0.2, -0.15) is 5.10 Å². The highest BCUT2D eigenvalue weighted by molar-refractivity contribution is 7.15. The van der Waals surface area contributed by atoms with Crippen LogP contribution in [-0.4, -0.2) is 51.1 Å². The van der Waals surface area contributed by atoms with Crippen molar-refractivity contribution in [3.05, 3.63) is 40.7 Å². The van der Waals surface area contributed by atoms with E-state index < -0.39 is 0 Å². The van der Waals surface area contributed by atoms with Gasteiger partial charge in [0.25, 0.3) is 0 Å². The summed E-state index contributed by atoms with van der Waals surface area (Å²) >= 11 is 1.78. The normalized spacial score (nSPS) is 15.0. The molecule has 1 saturated heterocycles. The summed E-state index contributed by atoms with van der Waals surface area (Å²) in [6, 6.07) is 5.94. The summed E-state index contributed by atoms with van der Waals surface area (Å²) in [6.07, 6.45) is 1.90. The first kappa shape index (κ1) is 16.0. The Balaban J connectivity index is 1.42. The number of aryl methyl sites for hydroxylation is 3. The number of thiazole rings is 1. The maximum Gasteiger partial charge on any atom is 0.185 e. The zero-order valence-corrected chi connectivity index (χ0v) is 15.5. The highest BCUT2D eigenvalue weighted by Crippen LogP contribution is 2.26. The SMILES string of the molecule is Cc1ccn(-c2ccc(N3CCN(c4nc(C)c(C)s4)CC3)nn2)n1.